The predicted molar refractivity (Wildman–Crippen MR) is 131 cm³/mol. The quantitative estimate of drug-likeness (QED) is 0.314. The molecule has 5 rings (SSSR count). The number of rotatable bonds is 7. The van der Waals surface area contributed by atoms with Crippen LogP contribution in [0.5, 0.6) is 17.2 Å². The lowest BCUT2D eigenvalue weighted by Gasteiger charge is -2.12. The normalized spacial score (nSPS) is 10.8. The van der Waals surface area contributed by atoms with E-state index in [4.69, 9.17) is 13.9 Å². The van der Waals surface area contributed by atoms with Crippen LogP contribution in [-0.4, -0.2) is 5.11 Å². The Balaban J connectivity index is 1.43. The van der Waals surface area contributed by atoms with E-state index in [0.29, 0.717) is 46.8 Å². The predicted octanol–water partition coefficient (Wildman–Crippen LogP) is 6.32. The van der Waals surface area contributed by atoms with Gasteiger partial charge >= 0.3 is 0 Å². The highest BCUT2D eigenvalue weighted by Gasteiger charge is 2.15. The fourth-order valence-corrected chi connectivity index (χ4v) is 3.71. The highest BCUT2D eigenvalue weighted by molar-refractivity contribution is 5.84. The zero-order valence-corrected chi connectivity index (χ0v) is 18.3. The Morgan fingerprint density at radius 2 is 1.38 bits per heavy atom. The highest BCUT2D eigenvalue weighted by Crippen LogP contribution is 2.33. The molecule has 1 heterocycles. The Morgan fingerprint density at radius 1 is 0.706 bits per heavy atom. The molecule has 5 nitrogen and oxygen atoms in total. The summed E-state index contributed by atoms with van der Waals surface area (Å²) in [5.41, 5.74) is 3.18. The number of hydrogen-bond acceptors (Lipinski definition) is 5. The van der Waals surface area contributed by atoms with Crippen LogP contribution in [0.3, 0.4) is 0 Å². The van der Waals surface area contributed by atoms with Gasteiger partial charge in [0.1, 0.15) is 42.3 Å². The van der Waals surface area contributed by atoms with Gasteiger partial charge in [0.05, 0.1) is 10.9 Å². The largest absolute Gasteiger partial charge is 0.508 e. The third-order valence-corrected chi connectivity index (χ3v) is 5.49. The molecule has 1 N–H and O–H groups in total. The summed E-state index contributed by atoms with van der Waals surface area (Å²) >= 11 is 0. The minimum atomic E-state index is -0.189. The molecule has 5 aromatic rings. The summed E-state index contributed by atoms with van der Waals surface area (Å²) in [5, 5.41) is 10.4. The van der Waals surface area contributed by atoms with Crippen molar-refractivity contribution in [3.63, 3.8) is 0 Å². The van der Waals surface area contributed by atoms with Crippen molar-refractivity contribution in [1.82, 2.24) is 0 Å². The number of phenolic OH excluding ortho intramolecular Hbond substituents is 1. The molecule has 0 unspecified atom stereocenters. The molecule has 0 saturated carbocycles. The molecule has 0 aliphatic heterocycles. The maximum Gasteiger partial charge on any atom is 0.200 e. The summed E-state index contributed by atoms with van der Waals surface area (Å²) in [6.07, 6.45) is 1.42. The average Bonchev–Trinajstić information content (AvgIpc) is 2.88. The van der Waals surface area contributed by atoms with Gasteiger partial charge in [0.2, 0.25) is 5.43 Å². The number of aromatic hydroxyl groups is 1. The number of fused-ring (bicyclic) bond motifs is 1. The van der Waals surface area contributed by atoms with Gasteiger partial charge < -0.3 is 19.0 Å². The van der Waals surface area contributed by atoms with Crippen LogP contribution in [0.4, 0.5) is 0 Å². The van der Waals surface area contributed by atoms with Crippen molar-refractivity contribution in [1.29, 1.82) is 0 Å². The Kier molecular flexibility index (Phi) is 5.99. The summed E-state index contributed by atoms with van der Waals surface area (Å²) in [6.45, 7) is 0.725. The summed E-state index contributed by atoms with van der Waals surface area (Å²) in [4.78, 5) is 13.3. The van der Waals surface area contributed by atoms with E-state index in [-0.39, 0.29) is 11.2 Å². The van der Waals surface area contributed by atoms with Crippen LogP contribution in [0.25, 0.3) is 22.1 Å². The molecule has 4 aromatic carbocycles. The van der Waals surface area contributed by atoms with Gasteiger partial charge in [-0.15, -0.1) is 0 Å². The fourth-order valence-electron chi connectivity index (χ4n) is 3.71. The van der Waals surface area contributed by atoms with Crippen LogP contribution in [0.15, 0.2) is 113 Å². The maximum absolute atomic E-state index is 13.3. The summed E-state index contributed by atoms with van der Waals surface area (Å²) < 4.78 is 17.6. The minimum absolute atomic E-state index is 0.0530. The fraction of sp³-hybridized carbons (Fsp3) is 0.0690. The van der Waals surface area contributed by atoms with Crippen LogP contribution in [0.1, 0.15) is 11.1 Å². The van der Waals surface area contributed by atoms with Gasteiger partial charge in [-0.2, -0.15) is 0 Å². The Hall–Kier alpha value is -4.51. The first kappa shape index (κ1) is 21.3. The van der Waals surface area contributed by atoms with Crippen LogP contribution < -0.4 is 14.9 Å². The van der Waals surface area contributed by atoms with Gasteiger partial charge in [0, 0.05) is 17.7 Å². The number of phenols is 1. The first-order chi connectivity index (χ1) is 16.7. The van der Waals surface area contributed by atoms with E-state index in [0.717, 1.165) is 11.1 Å². The van der Waals surface area contributed by atoms with Gasteiger partial charge in [-0.3, -0.25) is 4.79 Å². The van der Waals surface area contributed by atoms with E-state index < -0.39 is 0 Å². The lowest BCUT2D eigenvalue weighted by atomic mass is 10.0. The van der Waals surface area contributed by atoms with Crippen molar-refractivity contribution in [2.45, 2.75) is 13.2 Å². The smallest absolute Gasteiger partial charge is 0.200 e. The molecule has 5 heteroatoms. The van der Waals surface area contributed by atoms with E-state index >= 15 is 0 Å². The molecule has 0 fully saturated rings. The molecule has 34 heavy (non-hydrogen) atoms. The lowest BCUT2D eigenvalue weighted by Crippen LogP contribution is -2.06. The van der Waals surface area contributed by atoms with Crippen LogP contribution in [0.2, 0.25) is 0 Å². The molecule has 0 radical (unpaired) electrons. The Labute approximate surface area is 196 Å². The van der Waals surface area contributed by atoms with Crippen LogP contribution in [0, 0.1) is 0 Å². The van der Waals surface area contributed by atoms with E-state index in [1.54, 1.807) is 24.3 Å². The molecular weight excluding hydrogens is 428 g/mol. The first-order valence-electron chi connectivity index (χ1n) is 10.9. The van der Waals surface area contributed by atoms with Gasteiger partial charge in [0.15, 0.2) is 0 Å². The summed E-state index contributed by atoms with van der Waals surface area (Å²) in [6, 6.07) is 29.4. The monoisotopic (exact) mass is 450 g/mol. The van der Waals surface area contributed by atoms with Crippen LogP contribution in [-0.2, 0) is 13.2 Å². The SMILES string of the molecule is O=c1c(-c2ccc(O)cc2OCc2ccccc2)coc2cc(OCc3ccccc3)ccc12. The summed E-state index contributed by atoms with van der Waals surface area (Å²) in [7, 11) is 0. The van der Waals surface area contributed by atoms with Gasteiger partial charge in [-0.1, -0.05) is 60.7 Å². The van der Waals surface area contributed by atoms with Crippen molar-refractivity contribution < 1.29 is 19.0 Å². The van der Waals surface area contributed by atoms with E-state index in [9.17, 15) is 9.90 Å². The van der Waals surface area contributed by atoms with Gasteiger partial charge in [0.25, 0.3) is 0 Å². The third-order valence-electron chi connectivity index (χ3n) is 5.49. The lowest BCUT2D eigenvalue weighted by molar-refractivity contribution is 0.305. The van der Waals surface area contributed by atoms with Crippen molar-refractivity contribution in [2.24, 2.45) is 0 Å². The van der Waals surface area contributed by atoms with E-state index in [2.05, 4.69) is 0 Å². The topological polar surface area (TPSA) is 68.9 Å². The second kappa shape index (κ2) is 9.55. The molecule has 1 aromatic heterocycles. The van der Waals surface area contributed by atoms with Crippen molar-refractivity contribution >= 4 is 11.0 Å². The molecule has 0 aliphatic rings. The highest BCUT2D eigenvalue weighted by atomic mass is 16.5. The average molecular weight is 450 g/mol. The zero-order valence-electron chi connectivity index (χ0n) is 18.3. The number of hydrogen-bond donors (Lipinski definition) is 1. The molecule has 0 saturated heterocycles. The maximum atomic E-state index is 13.3. The van der Waals surface area contributed by atoms with Crippen LogP contribution >= 0.6 is 0 Å². The van der Waals surface area contributed by atoms with Crippen molar-refractivity contribution in [3.05, 3.63) is 125 Å². The molecule has 0 spiro atoms. The molecule has 0 aliphatic carbocycles. The van der Waals surface area contributed by atoms with E-state index in [1.807, 2.05) is 60.7 Å². The van der Waals surface area contributed by atoms with E-state index in [1.165, 1.54) is 18.4 Å². The molecule has 0 amide bonds. The number of benzene rings is 4. The molecule has 0 bridgehead atoms. The Bertz CT molecular complexity index is 1470. The number of ether oxygens (including phenoxy) is 2. The van der Waals surface area contributed by atoms with Crippen molar-refractivity contribution in [3.8, 4) is 28.4 Å². The summed E-state index contributed by atoms with van der Waals surface area (Å²) in [5.74, 6) is 1.07. The minimum Gasteiger partial charge on any atom is -0.508 e. The van der Waals surface area contributed by atoms with Gasteiger partial charge in [-0.25, -0.2) is 0 Å². The standard InChI is InChI=1S/C29H22O5/c30-22-11-13-24(27(15-22)33-18-21-9-5-2-6-10-21)26-19-34-28-16-23(12-14-25(28)29(26)31)32-17-20-7-3-1-4-8-20/h1-16,19,30H,17-18H2. The molecular formula is C29H22O5. The third kappa shape index (κ3) is 4.64. The van der Waals surface area contributed by atoms with Crippen molar-refractivity contribution in [2.75, 3.05) is 0 Å². The molecule has 168 valence electrons. The first-order valence-corrected chi connectivity index (χ1v) is 10.9. The second-order valence-corrected chi connectivity index (χ2v) is 7.87. The molecule has 0 atom stereocenters. The Morgan fingerprint density at radius 3 is 2.09 bits per heavy atom. The van der Waals surface area contributed by atoms with Gasteiger partial charge in [-0.05, 0) is 35.4 Å². The second-order valence-electron chi connectivity index (χ2n) is 7.87. The zero-order chi connectivity index (χ0) is 23.3.